The van der Waals surface area contributed by atoms with Gasteiger partial charge in [-0.1, -0.05) is 37.3 Å². The summed E-state index contributed by atoms with van der Waals surface area (Å²) < 4.78 is 5.26. The summed E-state index contributed by atoms with van der Waals surface area (Å²) >= 11 is 0. The lowest BCUT2D eigenvalue weighted by Crippen LogP contribution is -2.21. The van der Waals surface area contributed by atoms with E-state index in [1.54, 1.807) is 13.2 Å². The van der Waals surface area contributed by atoms with Crippen LogP contribution >= 0.6 is 0 Å². The zero-order valence-electron chi connectivity index (χ0n) is 13.4. The van der Waals surface area contributed by atoms with Gasteiger partial charge < -0.3 is 15.2 Å². The third-order valence-corrected chi connectivity index (χ3v) is 3.90. The lowest BCUT2D eigenvalue weighted by molar-refractivity contribution is 0.413. The Bertz CT molecular complexity index is 583. The maximum atomic E-state index is 9.72. The van der Waals surface area contributed by atoms with Crippen LogP contribution in [0.25, 0.3) is 0 Å². The predicted molar refractivity (Wildman–Crippen MR) is 90.7 cm³/mol. The molecular weight excluding hydrogens is 274 g/mol. The third kappa shape index (κ3) is 4.78. The Kier molecular flexibility index (Phi) is 6.28. The maximum absolute atomic E-state index is 9.72. The molecule has 1 unspecified atom stereocenters. The van der Waals surface area contributed by atoms with Gasteiger partial charge >= 0.3 is 0 Å². The molecule has 1 atom stereocenters. The van der Waals surface area contributed by atoms with E-state index in [0.717, 1.165) is 37.2 Å². The second kappa shape index (κ2) is 8.44. The zero-order chi connectivity index (χ0) is 15.8. The van der Waals surface area contributed by atoms with Crippen molar-refractivity contribution in [2.24, 2.45) is 0 Å². The SMILES string of the molecule is COc1cccc(C(C)CNCCCc2ccccc2O)c1. The zero-order valence-corrected chi connectivity index (χ0v) is 13.4. The largest absolute Gasteiger partial charge is 0.508 e. The lowest BCUT2D eigenvalue weighted by Gasteiger charge is -2.14. The van der Waals surface area contributed by atoms with Crippen LogP contribution < -0.4 is 10.1 Å². The van der Waals surface area contributed by atoms with Crippen molar-refractivity contribution < 1.29 is 9.84 Å². The molecule has 0 heterocycles. The fourth-order valence-electron chi connectivity index (χ4n) is 2.51. The van der Waals surface area contributed by atoms with Crippen molar-refractivity contribution in [1.82, 2.24) is 5.32 Å². The predicted octanol–water partition coefficient (Wildman–Crippen LogP) is 3.73. The van der Waals surface area contributed by atoms with Crippen molar-refractivity contribution >= 4 is 0 Å². The number of ether oxygens (including phenoxy) is 1. The number of rotatable bonds is 8. The van der Waals surface area contributed by atoms with Crippen molar-refractivity contribution in [3.63, 3.8) is 0 Å². The van der Waals surface area contributed by atoms with Crippen molar-refractivity contribution in [2.45, 2.75) is 25.7 Å². The monoisotopic (exact) mass is 299 g/mol. The summed E-state index contributed by atoms with van der Waals surface area (Å²) in [5.41, 5.74) is 2.30. The molecule has 0 aliphatic carbocycles. The highest BCUT2D eigenvalue weighted by Gasteiger charge is 2.06. The second-order valence-corrected chi connectivity index (χ2v) is 5.61. The number of aryl methyl sites for hydroxylation is 1. The minimum Gasteiger partial charge on any atom is -0.508 e. The Morgan fingerprint density at radius 3 is 2.73 bits per heavy atom. The molecule has 0 fully saturated rings. The number of methoxy groups -OCH3 is 1. The number of hydrogen-bond acceptors (Lipinski definition) is 3. The molecule has 2 N–H and O–H groups in total. The average molecular weight is 299 g/mol. The van der Waals surface area contributed by atoms with Crippen LogP contribution in [0.1, 0.15) is 30.4 Å². The van der Waals surface area contributed by atoms with Crippen molar-refractivity contribution in [3.8, 4) is 11.5 Å². The van der Waals surface area contributed by atoms with E-state index in [4.69, 9.17) is 4.74 Å². The molecule has 2 aromatic rings. The number of aromatic hydroxyl groups is 1. The Morgan fingerprint density at radius 1 is 1.14 bits per heavy atom. The molecule has 0 amide bonds. The summed E-state index contributed by atoms with van der Waals surface area (Å²) in [5, 5.41) is 13.2. The van der Waals surface area contributed by atoms with E-state index in [2.05, 4.69) is 24.4 Å². The highest BCUT2D eigenvalue weighted by molar-refractivity contribution is 5.32. The van der Waals surface area contributed by atoms with Gasteiger partial charge in [-0.15, -0.1) is 0 Å². The molecule has 2 aromatic carbocycles. The van der Waals surface area contributed by atoms with Crippen molar-refractivity contribution in [3.05, 3.63) is 59.7 Å². The molecule has 0 saturated carbocycles. The van der Waals surface area contributed by atoms with Gasteiger partial charge in [-0.3, -0.25) is 0 Å². The molecule has 3 nitrogen and oxygen atoms in total. The van der Waals surface area contributed by atoms with Crippen LogP contribution in [-0.4, -0.2) is 25.3 Å². The van der Waals surface area contributed by atoms with Crippen LogP contribution in [0.4, 0.5) is 0 Å². The number of hydrogen-bond donors (Lipinski definition) is 2. The molecule has 0 aliphatic heterocycles. The Balaban J connectivity index is 1.71. The Labute approximate surface area is 133 Å². The molecule has 0 aliphatic rings. The highest BCUT2D eigenvalue weighted by Crippen LogP contribution is 2.20. The lowest BCUT2D eigenvalue weighted by atomic mass is 10.0. The first-order chi connectivity index (χ1) is 10.7. The fourth-order valence-corrected chi connectivity index (χ4v) is 2.51. The van der Waals surface area contributed by atoms with Crippen LogP contribution in [0, 0.1) is 0 Å². The number of para-hydroxylation sites is 1. The number of phenolic OH excluding ortho intramolecular Hbond substituents is 1. The number of phenols is 1. The minimum atomic E-state index is 0.396. The van der Waals surface area contributed by atoms with E-state index in [-0.39, 0.29) is 0 Å². The maximum Gasteiger partial charge on any atom is 0.119 e. The van der Waals surface area contributed by atoms with Gasteiger partial charge in [-0.05, 0) is 54.6 Å². The van der Waals surface area contributed by atoms with Crippen LogP contribution in [0.15, 0.2) is 48.5 Å². The van der Waals surface area contributed by atoms with Gasteiger partial charge in [0.15, 0.2) is 0 Å². The third-order valence-electron chi connectivity index (χ3n) is 3.90. The standard InChI is InChI=1S/C19H25NO2/c1-15(17-8-5-10-18(13-17)22-2)14-20-12-6-9-16-7-3-4-11-19(16)21/h3-5,7-8,10-11,13,15,20-21H,6,9,12,14H2,1-2H3. The molecule has 22 heavy (non-hydrogen) atoms. The summed E-state index contributed by atoms with van der Waals surface area (Å²) in [6.45, 7) is 4.10. The molecular formula is C19H25NO2. The molecule has 0 bridgehead atoms. The molecule has 0 saturated heterocycles. The summed E-state index contributed by atoms with van der Waals surface area (Å²) in [4.78, 5) is 0. The van der Waals surface area contributed by atoms with E-state index >= 15 is 0 Å². The van der Waals surface area contributed by atoms with Gasteiger partial charge in [0, 0.05) is 6.54 Å². The molecule has 0 aromatic heterocycles. The van der Waals surface area contributed by atoms with E-state index in [1.807, 2.05) is 30.3 Å². The normalized spacial score (nSPS) is 12.1. The highest BCUT2D eigenvalue weighted by atomic mass is 16.5. The summed E-state index contributed by atoms with van der Waals surface area (Å²) in [6, 6.07) is 15.8. The molecule has 3 heteroatoms. The first-order valence-electron chi connectivity index (χ1n) is 7.82. The average Bonchev–Trinajstić information content (AvgIpc) is 2.56. The minimum absolute atomic E-state index is 0.396. The van der Waals surface area contributed by atoms with E-state index < -0.39 is 0 Å². The van der Waals surface area contributed by atoms with Crippen molar-refractivity contribution in [2.75, 3.05) is 20.2 Å². The number of nitrogens with one attached hydrogen (secondary N) is 1. The molecule has 0 radical (unpaired) electrons. The van der Waals surface area contributed by atoms with Crippen molar-refractivity contribution in [1.29, 1.82) is 0 Å². The van der Waals surface area contributed by atoms with E-state index in [0.29, 0.717) is 11.7 Å². The second-order valence-electron chi connectivity index (χ2n) is 5.61. The number of benzene rings is 2. The smallest absolute Gasteiger partial charge is 0.119 e. The first-order valence-corrected chi connectivity index (χ1v) is 7.82. The van der Waals surface area contributed by atoms with Gasteiger partial charge in [0.25, 0.3) is 0 Å². The van der Waals surface area contributed by atoms with Gasteiger partial charge in [0.05, 0.1) is 7.11 Å². The van der Waals surface area contributed by atoms with E-state index in [1.165, 1.54) is 5.56 Å². The van der Waals surface area contributed by atoms with Crippen LogP contribution in [0.5, 0.6) is 11.5 Å². The topological polar surface area (TPSA) is 41.5 Å². The van der Waals surface area contributed by atoms with Gasteiger partial charge in [-0.25, -0.2) is 0 Å². The van der Waals surface area contributed by atoms with Gasteiger partial charge in [0.1, 0.15) is 11.5 Å². The van der Waals surface area contributed by atoms with E-state index in [9.17, 15) is 5.11 Å². The fraction of sp³-hybridized carbons (Fsp3) is 0.368. The van der Waals surface area contributed by atoms with Crippen LogP contribution in [0.3, 0.4) is 0 Å². The van der Waals surface area contributed by atoms with Crippen LogP contribution in [-0.2, 0) is 6.42 Å². The molecule has 2 rings (SSSR count). The first kappa shape index (κ1) is 16.4. The summed E-state index contributed by atoms with van der Waals surface area (Å²) in [5.74, 6) is 1.75. The molecule has 118 valence electrons. The van der Waals surface area contributed by atoms with Crippen LogP contribution in [0.2, 0.25) is 0 Å². The molecule has 0 spiro atoms. The van der Waals surface area contributed by atoms with Gasteiger partial charge in [-0.2, -0.15) is 0 Å². The van der Waals surface area contributed by atoms with Gasteiger partial charge in [0.2, 0.25) is 0 Å². The quantitative estimate of drug-likeness (QED) is 0.730. The Morgan fingerprint density at radius 2 is 1.95 bits per heavy atom. The Hall–Kier alpha value is -2.00. The summed E-state index contributed by atoms with van der Waals surface area (Å²) in [6.07, 6.45) is 1.91. The summed E-state index contributed by atoms with van der Waals surface area (Å²) in [7, 11) is 1.70.